The number of hydrogen-bond acceptors (Lipinski definition) is 5. The molecule has 248 valence electrons. The molecule has 1 amide bonds. The first-order valence-electron chi connectivity index (χ1n) is 17.9. The second kappa shape index (κ2) is 19.7. The van der Waals surface area contributed by atoms with Crippen LogP contribution in [-0.2, 0) is 4.74 Å². The number of ether oxygens (including phenoxy) is 1. The Morgan fingerprint density at radius 2 is 1.26 bits per heavy atom. The highest BCUT2D eigenvalue weighted by atomic mass is 35.5. The van der Waals surface area contributed by atoms with Crippen LogP contribution in [0, 0.1) is 23.7 Å². The normalized spacial score (nSPS) is 31.3. The average Bonchev–Trinajstić information content (AvgIpc) is 2.91. The number of likely N-dealkylation sites (tertiary alicyclic amines) is 2. The van der Waals surface area contributed by atoms with E-state index in [0.29, 0.717) is 12.0 Å². The second-order valence-electron chi connectivity index (χ2n) is 15.1. The van der Waals surface area contributed by atoms with Gasteiger partial charge in [-0.1, -0.05) is 52.4 Å². The van der Waals surface area contributed by atoms with Crippen molar-refractivity contribution in [1.29, 1.82) is 0 Å². The molecule has 0 aromatic rings. The Kier molecular flexibility index (Phi) is 17.7. The summed E-state index contributed by atoms with van der Waals surface area (Å²) >= 11 is 0. The maximum absolute atomic E-state index is 12.2. The van der Waals surface area contributed by atoms with E-state index in [2.05, 4.69) is 29.0 Å². The molecule has 42 heavy (non-hydrogen) atoms. The molecule has 2 aliphatic carbocycles. The summed E-state index contributed by atoms with van der Waals surface area (Å²) in [5.41, 5.74) is 5.84. The van der Waals surface area contributed by atoms with Crippen molar-refractivity contribution in [1.82, 2.24) is 15.1 Å². The number of carbonyl (C=O) groups is 1. The largest absolute Gasteiger partial charge is 0.444 e. The van der Waals surface area contributed by atoms with Gasteiger partial charge in [0.1, 0.15) is 5.60 Å². The minimum Gasteiger partial charge on any atom is -0.444 e. The Morgan fingerprint density at radius 1 is 0.762 bits per heavy atom. The van der Waals surface area contributed by atoms with E-state index in [4.69, 9.17) is 10.5 Å². The Balaban J connectivity index is 0.000000302. The van der Waals surface area contributed by atoms with Crippen LogP contribution in [0.15, 0.2) is 0 Å². The van der Waals surface area contributed by atoms with Gasteiger partial charge in [-0.05, 0) is 122 Å². The number of amides is 1. The Bertz CT molecular complexity index is 728. The van der Waals surface area contributed by atoms with E-state index in [0.717, 1.165) is 30.7 Å². The Labute approximate surface area is 266 Å². The van der Waals surface area contributed by atoms with Crippen molar-refractivity contribution in [2.45, 2.75) is 155 Å². The third kappa shape index (κ3) is 14.0. The van der Waals surface area contributed by atoms with Crippen LogP contribution in [0.1, 0.15) is 137 Å². The van der Waals surface area contributed by atoms with Crippen LogP contribution < -0.4 is 11.1 Å². The number of alkyl carbamates (subject to hydrolysis) is 1. The molecule has 2 saturated heterocycles. The molecule has 4 rings (SSSR count). The molecular weight excluding hydrogens is 544 g/mol. The predicted molar refractivity (Wildman–Crippen MR) is 180 cm³/mol. The van der Waals surface area contributed by atoms with Gasteiger partial charge in [0.25, 0.3) is 0 Å². The Hall–Kier alpha value is -0.560. The summed E-state index contributed by atoms with van der Waals surface area (Å²) in [6.45, 7) is 17.9. The summed E-state index contributed by atoms with van der Waals surface area (Å²) in [5.74, 6) is 3.20. The molecule has 7 heteroatoms. The molecule has 2 unspecified atom stereocenters. The summed E-state index contributed by atoms with van der Waals surface area (Å²) < 4.78 is 5.46. The lowest BCUT2D eigenvalue weighted by atomic mass is 9.83. The van der Waals surface area contributed by atoms with Gasteiger partial charge in [-0.2, -0.15) is 0 Å². The van der Waals surface area contributed by atoms with E-state index >= 15 is 0 Å². The van der Waals surface area contributed by atoms with Crippen molar-refractivity contribution in [3.63, 3.8) is 0 Å². The van der Waals surface area contributed by atoms with Gasteiger partial charge in [-0.3, -0.25) is 0 Å². The van der Waals surface area contributed by atoms with Crippen molar-refractivity contribution in [2.24, 2.45) is 29.4 Å². The number of piperidine rings is 2. The number of hydrogen-bond donors (Lipinski definition) is 2. The monoisotopic (exact) mass is 613 g/mol. The van der Waals surface area contributed by atoms with E-state index in [1.54, 1.807) is 0 Å². The molecule has 0 spiro atoms. The van der Waals surface area contributed by atoms with E-state index < -0.39 is 5.60 Å². The molecule has 0 aromatic heterocycles. The van der Waals surface area contributed by atoms with E-state index in [1.165, 1.54) is 129 Å². The van der Waals surface area contributed by atoms with Crippen molar-refractivity contribution in [3.05, 3.63) is 0 Å². The van der Waals surface area contributed by atoms with Gasteiger partial charge in [0, 0.05) is 38.3 Å². The topological polar surface area (TPSA) is 70.8 Å². The van der Waals surface area contributed by atoms with Crippen molar-refractivity contribution < 1.29 is 9.53 Å². The number of rotatable bonds is 9. The van der Waals surface area contributed by atoms with Crippen molar-refractivity contribution in [2.75, 3.05) is 39.3 Å². The lowest BCUT2D eigenvalue weighted by Gasteiger charge is -2.39. The molecule has 0 radical (unpaired) electrons. The van der Waals surface area contributed by atoms with Gasteiger partial charge in [-0.15, -0.1) is 12.4 Å². The fourth-order valence-corrected chi connectivity index (χ4v) is 8.12. The lowest BCUT2D eigenvalue weighted by molar-refractivity contribution is 0.0443. The average molecular weight is 613 g/mol. The van der Waals surface area contributed by atoms with Gasteiger partial charge in [0.05, 0.1) is 0 Å². The quantitative estimate of drug-likeness (QED) is 0.276. The van der Waals surface area contributed by atoms with Gasteiger partial charge < -0.3 is 25.6 Å². The van der Waals surface area contributed by atoms with Crippen LogP contribution in [-0.4, -0.2) is 72.8 Å². The highest BCUT2D eigenvalue weighted by Gasteiger charge is 2.31. The standard InChI is InChI=1S/C20H38N2O2.C15H30N2.ClH/c1-5-9-16-10-8-13-22(14-16)15-17-11-6-7-12-18(17)21-19(23)24-20(2,3)4;1-2-6-13-7-5-10-17(11-13)12-14-8-3-4-9-15(14)16;/h16-18H,5-15H2,1-4H3,(H,21,23);13-15H,2-12,16H2,1H3;1H/t16?,17-,18+;13?,14-,15+;/m00./s1. The third-order valence-corrected chi connectivity index (χ3v) is 10.2. The minimum atomic E-state index is -0.422. The van der Waals surface area contributed by atoms with Gasteiger partial charge in [0.15, 0.2) is 0 Å². The fourth-order valence-electron chi connectivity index (χ4n) is 8.12. The molecule has 4 aliphatic rings. The van der Waals surface area contributed by atoms with Crippen LogP contribution in [0.25, 0.3) is 0 Å². The zero-order valence-corrected chi connectivity index (χ0v) is 29.0. The van der Waals surface area contributed by atoms with E-state index in [1.807, 2.05) is 20.8 Å². The molecular formula is C35H69ClN4O2. The summed E-state index contributed by atoms with van der Waals surface area (Å²) in [6.07, 6.45) is 21.0. The number of nitrogens with two attached hydrogens (primary N) is 1. The van der Waals surface area contributed by atoms with Crippen LogP contribution in [0.2, 0.25) is 0 Å². The smallest absolute Gasteiger partial charge is 0.407 e. The summed E-state index contributed by atoms with van der Waals surface area (Å²) in [6, 6.07) is 0.760. The van der Waals surface area contributed by atoms with Crippen LogP contribution in [0.5, 0.6) is 0 Å². The highest BCUT2D eigenvalue weighted by molar-refractivity contribution is 5.85. The first kappa shape index (κ1) is 37.6. The number of nitrogens with one attached hydrogen (secondary N) is 1. The molecule has 2 aliphatic heterocycles. The number of carbonyl (C=O) groups excluding carboxylic acids is 1. The zero-order valence-electron chi connectivity index (χ0n) is 28.2. The van der Waals surface area contributed by atoms with E-state index in [-0.39, 0.29) is 24.5 Å². The summed E-state index contributed by atoms with van der Waals surface area (Å²) in [5, 5.41) is 3.16. The van der Waals surface area contributed by atoms with Crippen molar-refractivity contribution >= 4 is 18.5 Å². The molecule has 2 heterocycles. The van der Waals surface area contributed by atoms with Gasteiger partial charge in [-0.25, -0.2) is 4.79 Å². The van der Waals surface area contributed by atoms with Gasteiger partial charge in [0.2, 0.25) is 0 Å². The van der Waals surface area contributed by atoms with E-state index in [9.17, 15) is 4.79 Å². The Morgan fingerprint density at radius 3 is 1.79 bits per heavy atom. The predicted octanol–water partition coefficient (Wildman–Crippen LogP) is 8.02. The molecule has 0 aromatic carbocycles. The highest BCUT2D eigenvalue weighted by Crippen LogP contribution is 2.29. The maximum atomic E-state index is 12.2. The summed E-state index contributed by atoms with van der Waals surface area (Å²) in [4.78, 5) is 17.5. The molecule has 3 N–H and O–H groups in total. The van der Waals surface area contributed by atoms with Crippen molar-refractivity contribution in [3.8, 4) is 0 Å². The second-order valence-corrected chi connectivity index (χ2v) is 15.1. The maximum Gasteiger partial charge on any atom is 0.407 e. The third-order valence-electron chi connectivity index (χ3n) is 10.2. The minimum absolute atomic E-state index is 0. The SMILES string of the molecule is CCCC1CCCN(C[C@@H]2CCCC[C@H]2N)C1.CCCC1CCCN(C[C@@H]2CCCC[C@H]2NC(=O)OC(C)(C)C)C1.Cl. The molecule has 6 atom stereocenters. The fraction of sp³-hybridized carbons (Fsp3) is 0.971. The summed E-state index contributed by atoms with van der Waals surface area (Å²) in [7, 11) is 0. The van der Waals surface area contributed by atoms with Crippen LogP contribution >= 0.6 is 12.4 Å². The molecule has 2 saturated carbocycles. The lowest BCUT2D eigenvalue weighted by Crippen LogP contribution is -2.49. The first-order valence-corrected chi connectivity index (χ1v) is 17.9. The van der Waals surface area contributed by atoms with Gasteiger partial charge >= 0.3 is 6.09 Å². The van der Waals surface area contributed by atoms with Crippen LogP contribution in [0.4, 0.5) is 4.79 Å². The molecule has 0 bridgehead atoms. The number of nitrogens with zero attached hydrogens (tertiary/aromatic N) is 2. The zero-order chi connectivity index (χ0) is 29.7. The molecule has 6 nitrogen and oxygen atoms in total. The van der Waals surface area contributed by atoms with Crippen LogP contribution in [0.3, 0.4) is 0 Å². The number of halogens is 1. The first-order chi connectivity index (χ1) is 19.7. The molecule has 4 fully saturated rings.